The summed E-state index contributed by atoms with van der Waals surface area (Å²) in [6, 6.07) is 5.20. The van der Waals surface area contributed by atoms with E-state index in [0.717, 1.165) is 0 Å². The van der Waals surface area contributed by atoms with Gasteiger partial charge in [0.15, 0.2) is 11.5 Å². The minimum absolute atomic E-state index is 0.00317. The topological polar surface area (TPSA) is 80.6 Å². The number of benzene rings is 1. The van der Waals surface area contributed by atoms with Gasteiger partial charge in [0.2, 0.25) is 12.5 Å². The maximum atomic E-state index is 11.4. The van der Waals surface area contributed by atoms with Gasteiger partial charge in [0.05, 0.1) is 7.11 Å². The summed E-state index contributed by atoms with van der Waals surface area (Å²) in [7, 11) is 2.97. The Morgan fingerprint density at radius 1 is 1.53 bits per heavy atom. The molecule has 1 aromatic carbocycles. The maximum absolute atomic E-state index is 11.4. The van der Waals surface area contributed by atoms with Crippen LogP contribution in [0.4, 0.5) is 0 Å². The number of ether oxygens (including phenoxy) is 3. The zero-order valence-corrected chi connectivity index (χ0v) is 10.5. The molecule has 0 aromatic heterocycles. The van der Waals surface area contributed by atoms with Crippen LogP contribution in [0.2, 0.25) is 0 Å². The van der Waals surface area contributed by atoms with Crippen molar-refractivity contribution in [1.29, 1.82) is 5.26 Å². The molecule has 2 rings (SSSR count). The fourth-order valence-electron chi connectivity index (χ4n) is 1.68. The van der Waals surface area contributed by atoms with Crippen molar-refractivity contribution in [2.24, 2.45) is 0 Å². The van der Waals surface area contributed by atoms with Crippen LogP contribution in [-0.2, 0) is 4.79 Å². The Hall–Kier alpha value is -2.68. The summed E-state index contributed by atoms with van der Waals surface area (Å²) in [4.78, 5) is 11.4. The normalized spacial score (nSPS) is 12.8. The van der Waals surface area contributed by atoms with E-state index in [9.17, 15) is 4.79 Å². The lowest BCUT2D eigenvalue weighted by molar-refractivity contribution is -0.116. The molecule has 0 unspecified atom stereocenters. The van der Waals surface area contributed by atoms with Crippen molar-refractivity contribution in [1.82, 2.24) is 5.32 Å². The first-order chi connectivity index (χ1) is 9.19. The van der Waals surface area contributed by atoms with Crippen LogP contribution < -0.4 is 19.5 Å². The van der Waals surface area contributed by atoms with E-state index in [-0.39, 0.29) is 12.4 Å². The van der Waals surface area contributed by atoms with Crippen LogP contribution in [0.25, 0.3) is 6.08 Å². The molecular weight excluding hydrogens is 248 g/mol. The average Bonchev–Trinajstić information content (AvgIpc) is 2.91. The average molecular weight is 260 g/mol. The molecule has 0 aliphatic carbocycles. The molecule has 1 heterocycles. The summed E-state index contributed by atoms with van der Waals surface area (Å²) in [6.45, 7) is 0.124. The Labute approximate surface area is 110 Å². The minimum Gasteiger partial charge on any atom is -0.493 e. The number of nitriles is 1. The molecule has 6 nitrogen and oxygen atoms in total. The second-order valence-corrected chi connectivity index (χ2v) is 3.71. The lowest BCUT2D eigenvalue weighted by atomic mass is 10.1. The van der Waals surface area contributed by atoms with Crippen molar-refractivity contribution < 1.29 is 19.0 Å². The molecule has 0 radical (unpaired) electrons. The first-order valence-electron chi connectivity index (χ1n) is 5.51. The number of hydrogen-bond donors (Lipinski definition) is 1. The Kier molecular flexibility index (Phi) is 3.57. The number of amides is 1. The number of carbonyl (C=O) groups is 1. The number of carbonyl (C=O) groups excluding carboxylic acids is 1. The van der Waals surface area contributed by atoms with Crippen LogP contribution in [0.5, 0.6) is 17.2 Å². The van der Waals surface area contributed by atoms with Crippen molar-refractivity contribution in [3.63, 3.8) is 0 Å². The largest absolute Gasteiger partial charge is 0.493 e. The summed E-state index contributed by atoms with van der Waals surface area (Å²) >= 11 is 0. The highest BCUT2D eigenvalue weighted by Gasteiger charge is 2.20. The molecule has 1 aromatic rings. The van der Waals surface area contributed by atoms with Crippen LogP contribution >= 0.6 is 0 Å². The van der Waals surface area contributed by atoms with Crippen LogP contribution in [-0.4, -0.2) is 26.9 Å². The van der Waals surface area contributed by atoms with Crippen molar-refractivity contribution in [2.45, 2.75) is 0 Å². The van der Waals surface area contributed by atoms with E-state index in [1.807, 2.05) is 6.07 Å². The zero-order chi connectivity index (χ0) is 13.8. The highest BCUT2D eigenvalue weighted by Crippen LogP contribution is 2.42. The smallest absolute Gasteiger partial charge is 0.261 e. The van der Waals surface area contributed by atoms with E-state index in [4.69, 9.17) is 19.5 Å². The van der Waals surface area contributed by atoms with Gasteiger partial charge in [-0.3, -0.25) is 4.79 Å². The molecule has 6 heteroatoms. The molecule has 1 aliphatic rings. The van der Waals surface area contributed by atoms with Gasteiger partial charge in [0.1, 0.15) is 11.6 Å². The molecule has 0 saturated heterocycles. The number of likely N-dealkylation sites (N-methyl/N-ethyl adjacent to an activating group) is 1. The van der Waals surface area contributed by atoms with Gasteiger partial charge < -0.3 is 19.5 Å². The predicted molar refractivity (Wildman–Crippen MR) is 66.8 cm³/mol. The van der Waals surface area contributed by atoms with Crippen LogP contribution in [0.3, 0.4) is 0 Å². The van der Waals surface area contributed by atoms with Gasteiger partial charge in [-0.1, -0.05) is 0 Å². The fraction of sp³-hybridized carbons (Fsp3) is 0.231. The third kappa shape index (κ3) is 2.45. The molecule has 1 N–H and O–H groups in total. The number of methoxy groups -OCH3 is 1. The number of fused-ring (bicyclic) bond motifs is 1. The van der Waals surface area contributed by atoms with Crippen LogP contribution in [0.1, 0.15) is 5.56 Å². The van der Waals surface area contributed by atoms with Gasteiger partial charge in [-0.2, -0.15) is 5.26 Å². The summed E-state index contributed by atoms with van der Waals surface area (Å²) in [6.07, 6.45) is 1.46. The monoisotopic (exact) mass is 260 g/mol. The number of nitrogens with one attached hydrogen (secondary N) is 1. The van der Waals surface area contributed by atoms with Gasteiger partial charge in [0.25, 0.3) is 5.91 Å². The van der Waals surface area contributed by atoms with Crippen LogP contribution in [0, 0.1) is 11.3 Å². The van der Waals surface area contributed by atoms with E-state index >= 15 is 0 Å². The molecule has 0 bridgehead atoms. The fourth-order valence-corrected chi connectivity index (χ4v) is 1.68. The minimum atomic E-state index is -0.445. The van der Waals surface area contributed by atoms with Gasteiger partial charge in [0, 0.05) is 7.05 Å². The molecule has 0 spiro atoms. The van der Waals surface area contributed by atoms with Gasteiger partial charge in [-0.15, -0.1) is 0 Å². The Balaban J connectivity index is 2.44. The maximum Gasteiger partial charge on any atom is 0.261 e. The molecule has 98 valence electrons. The molecule has 0 fully saturated rings. The van der Waals surface area contributed by atoms with E-state index in [1.54, 1.807) is 12.1 Å². The zero-order valence-electron chi connectivity index (χ0n) is 10.5. The first-order valence-corrected chi connectivity index (χ1v) is 5.51. The van der Waals surface area contributed by atoms with E-state index in [0.29, 0.717) is 22.8 Å². The second kappa shape index (κ2) is 5.31. The van der Waals surface area contributed by atoms with Crippen molar-refractivity contribution >= 4 is 12.0 Å². The summed E-state index contributed by atoms with van der Waals surface area (Å²) in [5.74, 6) is 1.10. The molecule has 0 saturated carbocycles. The quantitative estimate of drug-likeness (QED) is 0.649. The first kappa shape index (κ1) is 12.8. The summed E-state index contributed by atoms with van der Waals surface area (Å²) < 4.78 is 15.7. The highest BCUT2D eigenvalue weighted by molar-refractivity contribution is 6.01. The van der Waals surface area contributed by atoms with E-state index < -0.39 is 5.91 Å². The van der Waals surface area contributed by atoms with Crippen molar-refractivity contribution in [3.8, 4) is 23.3 Å². The lowest BCUT2D eigenvalue weighted by Crippen LogP contribution is -2.19. The van der Waals surface area contributed by atoms with Gasteiger partial charge in [-0.05, 0) is 23.8 Å². The Bertz CT molecular complexity index is 587. The van der Waals surface area contributed by atoms with E-state index in [1.165, 1.54) is 20.2 Å². The molecule has 1 aliphatic heterocycles. The highest BCUT2D eigenvalue weighted by atomic mass is 16.7. The van der Waals surface area contributed by atoms with Crippen molar-refractivity contribution in [3.05, 3.63) is 23.3 Å². The lowest BCUT2D eigenvalue weighted by Gasteiger charge is -2.06. The number of hydrogen-bond acceptors (Lipinski definition) is 5. The Morgan fingerprint density at radius 2 is 2.32 bits per heavy atom. The predicted octanol–water partition coefficient (Wildman–Crippen LogP) is 1.08. The number of nitrogens with zero attached hydrogens (tertiary/aromatic N) is 1. The SMILES string of the molecule is CNC(=O)/C(C#N)=C/c1cc(OC)c2c(c1)OCO2. The molecule has 1 amide bonds. The van der Waals surface area contributed by atoms with Gasteiger partial charge in [-0.25, -0.2) is 0 Å². The summed E-state index contributed by atoms with van der Waals surface area (Å²) in [5, 5.41) is 11.3. The van der Waals surface area contributed by atoms with Crippen molar-refractivity contribution in [2.75, 3.05) is 21.0 Å². The standard InChI is InChI=1S/C13H12N2O4/c1-15-13(16)9(6-14)3-8-4-10(17-2)12-11(5-8)18-7-19-12/h3-5H,7H2,1-2H3,(H,15,16)/b9-3+. The second-order valence-electron chi connectivity index (χ2n) is 3.71. The molecular formula is C13H12N2O4. The summed E-state index contributed by atoms with van der Waals surface area (Å²) in [5.41, 5.74) is 0.629. The molecule has 0 atom stereocenters. The number of rotatable bonds is 3. The van der Waals surface area contributed by atoms with Crippen LogP contribution in [0.15, 0.2) is 17.7 Å². The third-order valence-corrected chi connectivity index (χ3v) is 2.58. The Morgan fingerprint density at radius 3 is 2.95 bits per heavy atom. The molecule has 19 heavy (non-hydrogen) atoms. The van der Waals surface area contributed by atoms with E-state index in [2.05, 4.69) is 5.32 Å². The van der Waals surface area contributed by atoms with Gasteiger partial charge >= 0.3 is 0 Å². The third-order valence-electron chi connectivity index (χ3n) is 2.58.